The Labute approximate surface area is 127 Å². The molecule has 1 heterocycles. The lowest BCUT2D eigenvalue weighted by atomic mass is 9.75. The Bertz CT molecular complexity index is 457. The van der Waals surface area contributed by atoms with Gasteiger partial charge in [0.25, 0.3) is 5.91 Å². The van der Waals surface area contributed by atoms with Gasteiger partial charge in [-0.15, -0.1) is 0 Å². The minimum atomic E-state index is -0.00533. The van der Waals surface area contributed by atoms with Crippen LogP contribution >= 0.6 is 0 Å². The summed E-state index contributed by atoms with van der Waals surface area (Å²) >= 11 is 0. The molecule has 0 unspecified atom stereocenters. The van der Waals surface area contributed by atoms with E-state index in [1.54, 1.807) is 6.20 Å². The van der Waals surface area contributed by atoms with Gasteiger partial charge in [-0.05, 0) is 49.7 Å². The van der Waals surface area contributed by atoms with E-state index in [9.17, 15) is 4.79 Å². The largest absolute Gasteiger partial charge is 0.370 e. The van der Waals surface area contributed by atoms with Crippen LogP contribution in [0.15, 0.2) is 18.3 Å². The fraction of sp³-hybridized carbons (Fsp3) is 0.647. The zero-order valence-electron chi connectivity index (χ0n) is 13.4. The third kappa shape index (κ3) is 4.73. The Balaban J connectivity index is 1.86. The highest BCUT2D eigenvalue weighted by molar-refractivity contribution is 5.94. The predicted molar refractivity (Wildman–Crippen MR) is 86.5 cm³/mol. The normalized spacial score (nSPS) is 18.2. The highest BCUT2D eigenvalue weighted by Crippen LogP contribution is 2.35. The zero-order valence-corrected chi connectivity index (χ0v) is 13.4. The van der Waals surface area contributed by atoms with Crippen LogP contribution in [0.1, 0.15) is 63.2 Å². The number of pyridine rings is 1. The number of anilines is 1. The van der Waals surface area contributed by atoms with E-state index < -0.39 is 0 Å². The summed E-state index contributed by atoms with van der Waals surface area (Å²) in [5.74, 6) is 0.821. The van der Waals surface area contributed by atoms with Crippen LogP contribution in [-0.2, 0) is 0 Å². The van der Waals surface area contributed by atoms with Crippen LogP contribution < -0.4 is 10.6 Å². The summed E-state index contributed by atoms with van der Waals surface area (Å²) in [6, 6.07) is 4.02. The lowest BCUT2D eigenvalue weighted by molar-refractivity contribution is 0.0908. The molecule has 0 radical (unpaired) electrons. The number of nitrogens with zero attached hydrogens (tertiary/aromatic N) is 1. The first-order chi connectivity index (χ1) is 10.00. The van der Waals surface area contributed by atoms with Crippen molar-refractivity contribution in [3.8, 4) is 0 Å². The summed E-state index contributed by atoms with van der Waals surface area (Å²) in [7, 11) is 0. The molecule has 21 heavy (non-hydrogen) atoms. The van der Waals surface area contributed by atoms with Gasteiger partial charge in [0.1, 0.15) is 5.82 Å². The maximum atomic E-state index is 12.2. The second-order valence-electron chi connectivity index (χ2n) is 6.77. The summed E-state index contributed by atoms with van der Waals surface area (Å²) in [5, 5.41) is 6.34. The Morgan fingerprint density at radius 3 is 2.62 bits per heavy atom. The van der Waals surface area contributed by atoms with E-state index in [2.05, 4.69) is 36.4 Å². The van der Waals surface area contributed by atoms with Crippen molar-refractivity contribution in [1.29, 1.82) is 0 Å². The van der Waals surface area contributed by atoms with Crippen molar-refractivity contribution in [2.24, 2.45) is 5.41 Å². The van der Waals surface area contributed by atoms with Crippen LogP contribution in [0, 0.1) is 5.41 Å². The van der Waals surface area contributed by atoms with Crippen molar-refractivity contribution < 1.29 is 4.79 Å². The van der Waals surface area contributed by atoms with Crippen LogP contribution in [0.25, 0.3) is 0 Å². The topological polar surface area (TPSA) is 54.0 Å². The van der Waals surface area contributed by atoms with E-state index in [0.717, 1.165) is 31.6 Å². The quantitative estimate of drug-likeness (QED) is 0.870. The average molecular weight is 289 g/mol. The molecule has 0 spiro atoms. The Hall–Kier alpha value is -1.58. The van der Waals surface area contributed by atoms with E-state index >= 15 is 0 Å². The number of carbonyl (C=O) groups is 1. The first-order valence-corrected chi connectivity index (χ1v) is 8.01. The van der Waals surface area contributed by atoms with E-state index in [4.69, 9.17) is 0 Å². The molecule has 1 aromatic heterocycles. The van der Waals surface area contributed by atoms with Crippen molar-refractivity contribution in [2.45, 2.75) is 58.9 Å². The molecule has 2 rings (SSSR count). The van der Waals surface area contributed by atoms with Gasteiger partial charge in [0.15, 0.2) is 0 Å². The van der Waals surface area contributed by atoms with Crippen molar-refractivity contribution in [3.05, 3.63) is 23.9 Å². The van der Waals surface area contributed by atoms with Gasteiger partial charge in [-0.2, -0.15) is 0 Å². The molecular formula is C17H27N3O. The van der Waals surface area contributed by atoms with E-state index in [1.807, 2.05) is 12.1 Å². The van der Waals surface area contributed by atoms with E-state index in [1.165, 1.54) is 12.8 Å². The summed E-state index contributed by atoms with van der Waals surface area (Å²) in [5.41, 5.74) is 1.07. The van der Waals surface area contributed by atoms with Crippen molar-refractivity contribution in [1.82, 2.24) is 10.3 Å². The molecule has 1 aromatic rings. The van der Waals surface area contributed by atoms with Gasteiger partial charge < -0.3 is 10.6 Å². The summed E-state index contributed by atoms with van der Waals surface area (Å²) in [6.07, 6.45) is 7.21. The molecule has 1 fully saturated rings. The number of nitrogens with one attached hydrogen (secondary N) is 2. The number of carbonyl (C=O) groups excluding carboxylic acids is 1. The predicted octanol–water partition coefficient (Wildman–Crippen LogP) is 3.60. The maximum Gasteiger partial charge on any atom is 0.253 e. The van der Waals surface area contributed by atoms with Crippen LogP contribution in [-0.4, -0.2) is 23.5 Å². The van der Waals surface area contributed by atoms with Gasteiger partial charge in [-0.3, -0.25) is 4.79 Å². The second kappa shape index (κ2) is 6.92. The lowest BCUT2D eigenvalue weighted by Gasteiger charge is -2.34. The molecule has 0 atom stereocenters. The first kappa shape index (κ1) is 15.8. The standard InChI is InChI=1S/C17H27N3O/c1-4-11-18-15-6-5-13(12-19-15)16(21)20-14-7-9-17(2,3)10-8-14/h5-6,12,14H,4,7-11H2,1-3H3,(H,18,19)(H,20,21). The first-order valence-electron chi connectivity index (χ1n) is 8.01. The molecule has 1 amide bonds. The molecule has 1 saturated carbocycles. The fourth-order valence-electron chi connectivity index (χ4n) is 2.70. The molecule has 4 heteroatoms. The highest BCUT2D eigenvalue weighted by Gasteiger charge is 2.27. The SMILES string of the molecule is CCCNc1ccc(C(=O)NC2CCC(C)(C)CC2)cn1. The molecule has 2 N–H and O–H groups in total. The molecule has 116 valence electrons. The molecule has 1 aliphatic carbocycles. The number of aromatic nitrogens is 1. The molecule has 0 aromatic carbocycles. The van der Waals surface area contributed by atoms with E-state index in [0.29, 0.717) is 17.0 Å². The third-order valence-electron chi connectivity index (χ3n) is 4.26. The van der Waals surface area contributed by atoms with Gasteiger partial charge in [0.05, 0.1) is 5.56 Å². The van der Waals surface area contributed by atoms with Crippen LogP contribution in [0.2, 0.25) is 0 Å². The monoisotopic (exact) mass is 289 g/mol. The Kier molecular flexibility index (Phi) is 5.21. The average Bonchev–Trinajstić information content (AvgIpc) is 2.48. The number of hydrogen-bond acceptors (Lipinski definition) is 3. The zero-order chi connectivity index (χ0) is 15.3. The van der Waals surface area contributed by atoms with Gasteiger partial charge in [-0.25, -0.2) is 4.98 Å². The number of amides is 1. The van der Waals surface area contributed by atoms with Crippen molar-refractivity contribution in [3.63, 3.8) is 0 Å². The van der Waals surface area contributed by atoms with Crippen LogP contribution in [0.5, 0.6) is 0 Å². The van der Waals surface area contributed by atoms with Crippen LogP contribution in [0.3, 0.4) is 0 Å². The second-order valence-corrected chi connectivity index (χ2v) is 6.77. The lowest BCUT2D eigenvalue weighted by Crippen LogP contribution is -2.39. The van der Waals surface area contributed by atoms with Gasteiger partial charge >= 0.3 is 0 Å². The van der Waals surface area contributed by atoms with E-state index in [-0.39, 0.29) is 5.91 Å². The number of rotatable bonds is 5. The minimum Gasteiger partial charge on any atom is -0.370 e. The van der Waals surface area contributed by atoms with Crippen LogP contribution in [0.4, 0.5) is 5.82 Å². The Morgan fingerprint density at radius 2 is 2.05 bits per heavy atom. The molecule has 0 bridgehead atoms. The molecular weight excluding hydrogens is 262 g/mol. The number of hydrogen-bond donors (Lipinski definition) is 2. The van der Waals surface area contributed by atoms with Gasteiger partial charge in [0.2, 0.25) is 0 Å². The maximum absolute atomic E-state index is 12.2. The smallest absolute Gasteiger partial charge is 0.253 e. The molecule has 0 saturated heterocycles. The van der Waals surface area contributed by atoms with Crippen molar-refractivity contribution in [2.75, 3.05) is 11.9 Å². The van der Waals surface area contributed by atoms with Gasteiger partial charge in [-0.1, -0.05) is 20.8 Å². The third-order valence-corrected chi connectivity index (χ3v) is 4.26. The Morgan fingerprint density at radius 1 is 1.33 bits per heavy atom. The minimum absolute atomic E-state index is 0.00533. The fourth-order valence-corrected chi connectivity index (χ4v) is 2.70. The molecule has 1 aliphatic rings. The highest BCUT2D eigenvalue weighted by atomic mass is 16.1. The summed E-state index contributed by atoms with van der Waals surface area (Å²) < 4.78 is 0. The summed E-state index contributed by atoms with van der Waals surface area (Å²) in [6.45, 7) is 7.62. The molecule has 4 nitrogen and oxygen atoms in total. The molecule has 0 aliphatic heterocycles. The van der Waals surface area contributed by atoms with Crippen molar-refractivity contribution >= 4 is 11.7 Å². The van der Waals surface area contributed by atoms with Gasteiger partial charge in [0, 0.05) is 18.8 Å². The summed E-state index contributed by atoms with van der Waals surface area (Å²) in [4.78, 5) is 16.5.